The van der Waals surface area contributed by atoms with Crippen molar-refractivity contribution in [2.24, 2.45) is 0 Å². The van der Waals surface area contributed by atoms with Gasteiger partial charge in [0.25, 0.3) is 0 Å². The third-order valence-corrected chi connectivity index (χ3v) is 4.94. The van der Waals surface area contributed by atoms with Crippen molar-refractivity contribution in [3.8, 4) is 0 Å². The molecule has 1 saturated heterocycles. The van der Waals surface area contributed by atoms with Crippen LogP contribution in [0.1, 0.15) is 6.23 Å². The van der Waals surface area contributed by atoms with Crippen LogP contribution in [0.3, 0.4) is 0 Å². The van der Waals surface area contributed by atoms with Crippen LogP contribution in [-0.2, 0) is 4.74 Å². The number of ether oxygens (including phenoxy) is 1. The van der Waals surface area contributed by atoms with Crippen molar-refractivity contribution in [2.75, 3.05) is 6.61 Å². The van der Waals surface area contributed by atoms with Crippen LogP contribution in [0.25, 0.3) is 10.9 Å². The van der Waals surface area contributed by atoms with Crippen LogP contribution in [-0.4, -0.2) is 44.8 Å². The predicted octanol–water partition coefficient (Wildman–Crippen LogP) is 2.32. The molecule has 0 radical (unpaired) electrons. The summed E-state index contributed by atoms with van der Waals surface area (Å²) in [6.07, 6.45) is -3.99. The van der Waals surface area contributed by atoms with Crippen LogP contribution < -0.4 is 0 Å². The summed E-state index contributed by atoms with van der Waals surface area (Å²) in [5.41, 5.74) is 0.700. The van der Waals surface area contributed by atoms with E-state index in [-0.39, 0.29) is 6.61 Å². The minimum atomic E-state index is -1.16. The Morgan fingerprint density at radius 3 is 2.43 bits per heavy atom. The van der Waals surface area contributed by atoms with E-state index in [1.165, 1.54) is 0 Å². The summed E-state index contributed by atoms with van der Waals surface area (Å²) in [5.74, 6) is 0. The molecule has 0 spiro atoms. The summed E-state index contributed by atoms with van der Waals surface area (Å²) in [6.45, 7) is -0.377. The Labute approximate surface area is 138 Å². The maximum Gasteiger partial charge on any atom is 0.164 e. The van der Waals surface area contributed by atoms with Gasteiger partial charge >= 0.3 is 0 Å². The van der Waals surface area contributed by atoms with Crippen molar-refractivity contribution in [3.63, 3.8) is 0 Å². The SMILES string of the molecule is OCC1OC(n2c(Br)cc3cc(Cl)c(Cl)cc32)C(O)C1O. The molecule has 1 aliphatic heterocycles. The molecule has 114 valence electrons. The smallest absolute Gasteiger partial charge is 0.164 e. The van der Waals surface area contributed by atoms with Gasteiger partial charge in [0.2, 0.25) is 0 Å². The molecule has 0 saturated carbocycles. The van der Waals surface area contributed by atoms with Gasteiger partial charge in [-0.15, -0.1) is 0 Å². The van der Waals surface area contributed by atoms with E-state index in [0.717, 1.165) is 5.39 Å². The molecule has 4 atom stereocenters. The zero-order chi connectivity index (χ0) is 15.3. The van der Waals surface area contributed by atoms with E-state index in [2.05, 4.69) is 15.9 Å². The van der Waals surface area contributed by atoms with Crippen LogP contribution >= 0.6 is 39.1 Å². The maximum atomic E-state index is 10.2. The van der Waals surface area contributed by atoms with Gasteiger partial charge in [-0.3, -0.25) is 0 Å². The summed E-state index contributed by atoms with van der Waals surface area (Å²) in [4.78, 5) is 0. The highest BCUT2D eigenvalue weighted by Gasteiger charge is 2.44. The first-order valence-electron chi connectivity index (χ1n) is 6.22. The fourth-order valence-electron chi connectivity index (χ4n) is 2.54. The second kappa shape index (κ2) is 5.70. The highest BCUT2D eigenvalue weighted by Crippen LogP contribution is 2.38. The first-order chi connectivity index (χ1) is 9.93. The van der Waals surface area contributed by atoms with Gasteiger partial charge in [0.1, 0.15) is 18.3 Å². The topological polar surface area (TPSA) is 74.9 Å². The molecule has 4 unspecified atom stereocenters. The van der Waals surface area contributed by atoms with Gasteiger partial charge < -0.3 is 24.6 Å². The largest absolute Gasteiger partial charge is 0.394 e. The zero-order valence-electron chi connectivity index (χ0n) is 10.6. The zero-order valence-corrected chi connectivity index (χ0v) is 13.7. The molecule has 2 aromatic rings. The second-order valence-electron chi connectivity index (χ2n) is 4.89. The van der Waals surface area contributed by atoms with Gasteiger partial charge in [0, 0.05) is 5.39 Å². The van der Waals surface area contributed by atoms with E-state index in [4.69, 9.17) is 27.9 Å². The molecule has 8 heteroatoms. The quantitative estimate of drug-likeness (QED) is 0.728. The van der Waals surface area contributed by atoms with Crippen LogP contribution in [0.5, 0.6) is 0 Å². The minimum Gasteiger partial charge on any atom is -0.394 e. The minimum absolute atomic E-state index is 0.377. The lowest BCUT2D eigenvalue weighted by Crippen LogP contribution is -2.33. The van der Waals surface area contributed by atoms with Crippen molar-refractivity contribution < 1.29 is 20.1 Å². The third kappa shape index (κ3) is 2.49. The number of nitrogens with zero attached hydrogens (tertiary/aromatic N) is 1. The normalized spacial score (nSPS) is 29.4. The number of hydrogen-bond acceptors (Lipinski definition) is 4. The van der Waals surface area contributed by atoms with Gasteiger partial charge in [-0.05, 0) is 34.1 Å². The molecule has 0 aliphatic carbocycles. The lowest BCUT2D eigenvalue weighted by molar-refractivity contribution is -0.0515. The number of benzene rings is 1. The van der Waals surface area contributed by atoms with Gasteiger partial charge in [-0.1, -0.05) is 23.2 Å². The van der Waals surface area contributed by atoms with Crippen molar-refractivity contribution in [3.05, 3.63) is 32.8 Å². The average molecular weight is 397 g/mol. The number of fused-ring (bicyclic) bond motifs is 1. The van der Waals surface area contributed by atoms with E-state index in [1.807, 2.05) is 6.07 Å². The molecule has 3 rings (SSSR count). The van der Waals surface area contributed by atoms with E-state index < -0.39 is 24.5 Å². The summed E-state index contributed by atoms with van der Waals surface area (Å²) in [7, 11) is 0. The number of rotatable bonds is 2. The fraction of sp³-hybridized carbons (Fsp3) is 0.385. The lowest BCUT2D eigenvalue weighted by Gasteiger charge is -2.19. The number of halogens is 3. The summed E-state index contributed by atoms with van der Waals surface area (Å²) < 4.78 is 7.86. The molecule has 0 bridgehead atoms. The molecule has 1 aromatic heterocycles. The lowest BCUT2D eigenvalue weighted by atomic mass is 10.1. The van der Waals surface area contributed by atoms with E-state index in [9.17, 15) is 15.3 Å². The van der Waals surface area contributed by atoms with Crippen LogP contribution in [0, 0.1) is 0 Å². The Kier molecular flexibility index (Phi) is 4.22. The Balaban J connectivity index is 2.12. The van der Waals surface area contributed by atoms with Crippen molar-refractivity contribution >= 4 is 50.0 Å². The summed E-state index contributed by atoms with van der Waals surface area (Å²) >= 11 is 15.4. The monoisotopic (exact) mass is 395 g/mol. The maximum absolute atomic E-state index is 10.2. The first kappa shape index (κ1) is 15.6. The fourth-order valence-corrected chi connectivity index (χ4v) is 3.51. The summed E-state index contributed by atoms with van der Waals surface area (Å²) in [6, 6.07) is 5.19. The predicted molar refractivity (Wildman–Crippen MR) is 82.7 cm³/mol. The molecule has 2 heterocycles. The molecule has 0 amide bonds. The molecular weight excluding hydrogens is 385 g/mol. The van der Waals surface area contributed by atoms with Gasteiger partial charge in [-0.2, -0.15) is 0 Å². The first-order valence-corrected chi connectivity index (χ1v) is 7.77. The summed E-state index contributed by atoms with van der Waals surface area (Å²) in [5, 5.41) is 30.8. The van der Waals surface area contributed by atoms with Crippen LogP contribution in [0.4, 0.5) is 0 Å². The Morgan fingerprint density at radius 1 is 1.14 bits per heavy atom. The highest BCUT2D eigenvalue weighted by molar-refractivity contribution is 9.10. The second-order valence-corrected chi connectivity index (χ2v) is 6.52. The molecule has 5 nitrogen and oxygen atoms in total. The Bertz CT molecular complexity index is 692. The van der Waals surface area contributed by atoms with Crippen molar-refractivity contribution in [2.45, 2.75) is 24.5 Å². The van der Waals surface area contributed by atoms with Crippen molar-refractivity contribution in [1.29, 1.82) is 0 Å². The van der Waals surface area contributed by atoms with E-state index >= 15 is 0 Å². The van der Waals surface area contributed by atoms with Gasteiger partial charge in [0.15, 0.2) is 6.23 Å². The van der Waals surface area contributed by atoms with Gasteiger partial charge in [-0.25, -0.2) is 0 Å². The van der Waals surface area contributed by atoms with Gasteiger partial charge in [0.05, 0.1) is 26.8 Å². The molecule has 1 fully saturated rings. The van der Waals surface area contributed by atoms with E-state index in [1.54, 1.807) is 16.7 Å². The number of aliphatic hydroxyl groups is 3. The van der Waals surface area contributed by atoms with E-state index in [0.29, 0.717) is 20.2 Å². The Hall–Kier alpha value is -0.340. The third-order valence-electron chi connectivity index (χ3n) is 3.61. The molecule has 21 heavy (non-hydrogen) atoms. The highest BCUT2D eigenvalue weighted by atomic mass is 79.9. The molecular formula is C13H12BrCl2NO4. The number of aromatic nitrogens is 1. The average Bonchev–Trinajstić information content (AvgIpc) is 2.89. The Morgan fingerprint density at radius 2 is 1.81 bits per heavy atom. The number of aliphatic hydroxyl groups excluding tert-OH is 3. The standard InChI is InChI=1S/C13H12BrCl2NO4/c14-10-2-5-1-6(15)7(16)3-8(5)17(10)13-12(20)11(19)9(4-18)21-13/h1-3,9,11-13,18-20H,4H2. The van der Waals surface area contributed by atoms with Crippen molar-refractivity contribution in [1.82, 2.24) is 4.57 Å². The molecule has 3 N–H and O–H groups in total. The van der Waals surface area contributed by atoms with Crippen LogP contribution in [0.2, 0.25) is 10.0 Å². The molecule has 1 aromatic carbocycles. The van der Waals surface area contributed by atoms with Crippen LogP contribution in [0.15, 0.2) is 22.8 Å². The number of hydrogen-bond donors (Lipinski definition) is 3. The molecule has 1 aliphatic rings.